The Hall–Kier alpha value is -0.460. The number of sulfone groups is 1. The van der Waals surface area contributed by atoms with Gasteiger partial charge in [-0.1, -0.05) is 0 Å². The third-order valence-corrected chi connectivity index (χ3v) is 5.60. The third-order valence-electron chi connectivity index (χ3n) is 2.65. The van der Waals surface area contributed by atoms with Crippen LogP contribution in [0.2, 0.25) is 0 Å². The van der Waals surface area contributed by atoms with E-state index in [9.17, 15) is 13.5 Å². The predicted molar refractivity (Wildman–Crippen MR) is 63.5 cm³/mol. The molecule has 0 bridgehead atoms. The lowest BCUT2D eigenvalue weighted by Crippen LogP contribution is -2.03. The van der Waals surface area contributed by atoms with E-state index in [0.29, 0.717) is 12.8 Å². The number of hydrogen-bond donors (Lipinski definition) is 1. The minimum Gasteiger partial charge on any atom is -0.393 e. The first-order chi connectivity index (χ1) is 7.46. The number of hydrogen-bond acceptors (Lipinski definition) is 5. The number of nitrogens with zero attached hydrogens (tertiary/aromatic N) is 1. The maximum atomic E-state index is 11.3. The van der Waals surface area contributed by atoms with Crippen LogP contribution < -0.4 is 0 Å². The Morgan fingerprint density at radius 1 is 1.69 bits per heavy atom. The molecule has 0 amide bonds. The molecule has 0 radical (unpaired) electrons. The molecule has 0 spiro atoms. The van der Waals surface area contributed by atoms with E-state index >= 15 is 0 Å². The van der Waals surface area contributed by atoms with Crippen LogP contribution in [0.15, 0.2) is 6.20 Å². The molecule has 0 aliphatic carbocycles. The summed E-state index contributed by atoms with van der Waals surface area (Å²) in [6.45, 7) is 1.74. The summed E-state index contributed by atoms with van der Waals surface area (Å²) in [7, 11) is -2.84. The van der Waals surface area contributed by atoms with Crippen LogP contribution in [0.5, 0.6) is 0 Å². The largest absolute Gasteiger partial charge is 0.393 e. The van der Waals surface area contributed by atoms with Crippen molar-refractivity contribution in [2.75, 3.05) is 11.5 Å². The molecule has 1 saturated heterocycles. The molecule has 2 rings (SSSR count). The van der Waals surface area contributed by atoms with Gasteiger partial charge in [0.2, 0.25) is 0 Å². The number of aliphatic hydroxyl groups is 1. The fourth-order valence-electron chi connectivity index (χ4n) is 1.89. The number of thiazole rings is 1. The zero-order chi connectivity index (χ0) is 11.8. The van der Waals surface area contributed by atoms with Gasteiger partial charge in [-0.15, -0.1) is 11.3 Å². The van der Waals surface area contributed by atoms with E-state index in [1.807, 2.05) is 0 Å². The quantitative estimate of drug-likeness (QED) is 0.880. The Balaban J connectivity index is 2.08. The Morgan fingerprint density at radius 2 is 2.44 bits per heavy atom. The summed E-state index contributed by atoms with van der Waals surface area (Å²) < 4.78 is 22.7. The standard InChI is InChI=1S/C10H15NO3S2/c1-7(12)4-9-5-11-10(15-9)8-2-3-16(13,14)6-8/h5,7-8,12H,2-4,6H2,1H3. The van der Waals surface area contributed by atoms with Crippen molar-refractivity contribution in [3.8, 4) is 0 Å². The van der Waals surface area contributed by atoms with Crippen LogP contribution in [-0.4, -0.2) is 36.1 Å². The lowest BCUT2D eigenvalue weighted by atomic mass is 10.1. The van der Waals surface area contributed by atoms with Crippen molar-refractivity contribution >= 4 is 21.2 Å². The fraction of sp³-hybridized carbons (Fsp3) is 0.700. The van der Waals surface area contributed by atoms with Crippen molar-refractivity contribution in [2.24, 2.45) is 0 Å². The van der Waals surface area contributed by atoms with Gasteiger partial charge in [-0.2, -0.15) is 0 Å². The Kier molecular flexibility index (Phi) is 3.32. The Morgan fingerprint density at radius 3 is 3.00 bits per heavy atom. The van der Waals surface area contributed by atoms with Gasteiger partial charge >= 0.3 is 0 Å². The second-order valence-electron chi connectivity index (χ2n) is 4.32. The average molecular weight is 261 g/mol. The normalized spacial score (nSPS) is 25.8. The summed E-state index contributed by atoms with van der Waals surface area (Å²) in [5.74, 6) is 0.579. The summed E-state index contributed by atoms with van der Waals surface area (Å²) >= 11 is 1.52. The molecule has 16 heavy (non-hydrogen) atoms. The van der Waals surface area contributed by atoms with Gasteiger partial charge in [0.25, 0.3) is 0 Å². The van der Waals surface area contributed by atoms with Crippen molar-refractivity contribution in [1.29, 1.82) is 0 Å². The van der Waals surface area contributed by atoms with Crippen LogP contribution in [0.3, 0.4) is 0 Å². The molecule has 1 aliphatic rings. The molecule has 1 aliphatic heterocycles. The van der Waals surface area contributed by atoms with Gasteiger partial charge < -0.3 is 5.11 Å². The van der Waals surface area contributed by atoms with E-state index in [0.717, 1.165) is 9.88 Å². The van der Waals surface area contributed by atoms with Crippen LogP contribution in [0.25, 0.3) is 0 Å². The minimum absolute atomic E-state index is 0.0674. The first kappa shape index (κ1) is 12.0. The molecular formula is C10H15NO3S2. The molecule has 1 N–H and O–H groups in total. The van der Waals surface area contributed by atoms with Crippen molar-refractivity contribution in [3.63, 3.8) is 0 Å². The van der Waals surface area contributed by atoms with E-state index in [-0.39, 0.29) is 23.5 Å². The monoisotopic (exact) mass is 261 g/mol. The highest BCUT2D eigenvalue weighted by Gasteiger charge is 2.30. The average Bonchev–Trinajstić information content (AvgIpc) is 2.71. The molecule has 0 aromatic carbocycles. The lowest BCUT2D eigenvalue weighted by Gasteiger charge is -2.01. The third kappa shape index (κ3) is 2.81. The summed E-state index contributed by atoms with van der Waals surface area (Å²) in [5, 5.41) is 10.1. The van der Waals surface area contributed by atoms with Gasteiger partial charge in [0.1, 0.15) is 0 Å². The van der Waals surface area contributed by atoms with Gasteiger partial charge in [0.05, 0.1) is 22.6 Å². The molecule has 1 aromatic rings. The number of rotatable bonds is 3. The summed E-state index contributed by atoms with van der Waals surface area (Å²) in [5.41, 5.74) is 0. The molecule has 2 atom stereocenters. The maximum absolute atomic E-state index is 11.3. The topological polar surface area (TPSA) is 67.3 Å². The van der Waals surface area contributed by atoms with Crippen LogP contribution in [0.1, 0.15) is 29.1 Å². The molecule has 90 valence electrons. The van der Waals surface area contributed by atoms with Gasteiger partial charge in [-0.3, -0.25) is 0 Å². The SMILES string of the molecule is CC(O)Cc1cnc(C2CCS(=O)(=O)C2)s1. The van der Waals surface area contributed by atoms with Crippen LogP contribution in [0, 0.1) is 0 Å². The molecule has 6 heteroatoms. The summed E-state index contributed by atoms with van der Waals surface area (Å²) in [4.78, 5) is 5.28. The second-order valence-corrected chi connectivity index (χ2v) is 7.69. The van der Waals surface area contributed by atoms with Crippen molar-refractivity contribution in [3.05, 3.63) is 16.1 Å². The van der Waals surface area contributed by atoms with Gasteiger partial charge in [-0.05, 0) is 13.3 Å². The minimum atomic E-state index is -2.84. The van der Waals surface area contributed by atoms with Crippen LogP contribution in [-0.2, 0) is 16.3 Å². The summed E-state index contributed by atoms with van der Waals surface area (Å²) in [6, 6.07) is 0. The van der Waals surface area contributed by atoms with Gasteiger partial charge in [-0.25, -0.2) is 13.4 Å². The molecule has 0 saturated carbocycles. The lowest BCUT2D eigenvalue weighted by molar-refractivity contribution is 0.196. The smallest absolute Gasteiger partial charge is 0.151 e. The predicted octanol–water partition coefficient (Wildman–Crippen LogP) is 0.969. The van der Waals surface area contributed by atoms with E-state index in [2.05, 4.69) is 4.98 Å². The van der Waals surface area contributed by atoms with Gasteiger partial charge in [0.15, 0.2) is 9.84 Å². The van der Waals surface area contributed by atoms with Crippen molar-refractivity contribution in [1.82, 2.24) is 4.98 Å². The molecule has 1 fully saturated rings. The van der Waals surface area contributed by atoms with Crippen molar-refractivity contribution in [2.45, 2.75) is 31.8 Å². The Labute approximate surface area is 99.3 Å². The van der Waals surface area contributed by atoms with E-state index in [1.54, 1.807) is 13.1 Å². The van der Waals surface area contributed by atoms with E-state index < -0.39 is 9.84 Å². The molecule has 1 aromatic heterocycles. The number of aliphatic hydroxyl groups excluding tert-OH is 1. The highest BCUT2D eigenvalue weighted by molar-refractivity contribution is 7.91. The highest BCUT2D eigenvalue weighted by Crippen LogP contribution is 2.31. The first-order valence-electron chi connectivity index (χ1n) is 5.29. The number of aromatic nitrogens is 1. The summed E-state index contributed by atoms with van der Waals surface area (Å²) in [6.07, 6.45) is 2.65. The zero-order valence-corrected chi connectivity index (χ0v) is 10.7. The van der Waals surface area contributed by atoms with Crippen LogP contribution in [0.4, 0.5) is 0 Å². The molecular weight excluding hydrogens is 246 g/mol. The molecule has 2 unspecified atom stereocenters. The van der Waals surface area contributed by atoms with Crippen LogP contribution >= 0.6 is 11.3 Å². The van der Waals surface area contributed by atoms with Crippen molar-refractivity contribution < 1.29 is 13.5 Å². The Bertz CT molecular complexity index is 464. The molecule has 4 nitrogen and oxygen atoms in total. The first-order valence-corrected chi connectivity index (χ1v) is 7.93. The van der Waals surface area contributed by atoms with Gasteiger partial charge in [0, 0.05) is 23.4 Å². The second kappa shape index (κ2) is 4.43. The van der Waals surface area contributed by atoms with E-state index in [4.69, 9.17) is 0 Å². The zero-order valence-electron chi connectivity index (χ0n) is 9.09. The highest BCUT2D eigenvalue weighted by atomic mass is 32.2. The maximum Gasteiger partial charge on any atom is 0.151 e. The van der Waals surface area contributed by atoms with E-state index in [1.165, 1.54) is 11.3 Å². The fourth-order valence-corrected chi connectivity index (χ4v) is 4.91. The molecule has 2 heterocycles.